The van der Waals surface area contributed by atoms with Gasteiger partial charge in [0.25, 0.3) is 5.91 Å². The number of pyridine rings is 1. The number of nitrogens with two attached hydrogens (primary N) is 1. The van der Waals surface area contributed by atoms with Gasteiger partial charge in [0.1, 0.15) is 0 Å². The topological polar surface area (TPSA) is 80.0 Å². The van der Waals surface area contributed by atoms with Gasteiger partial charge in [-0.3, -0.25) is 9.78 Å². The highest BCUT2D eigenvalue weighted by atomic mass is 16.1. The molecule has 3 rings (SSSR count). The van der Waals surface area contributed by atoms with Crippen molar-refractivity contribution >= 4 is 23.0 Å². The lowest BCUT2D eigenvalue weighted by Crippen LogP contribution is -2.16. The number of anilines is 3. The van der Waals surface area contributed by atoms with Gasteiger partial charge in [0, 0.05) is 18.4 Å². The standard InChI is InChI=1S/C19H18N4O/c20-17-13-21-12-16(19(24)23-15-9-5-2-6-10-15)18(17)22-11-14-7-3-1-4-8-14/h1-10,12-13H,11,20H2,(H,21,22)(H,23,24). The zero-order chi connectivity index (χ0) is 16.8. The van der Waals surface area contributed by atoms with Crippen LogP contribution in [0, 0.1) is 0 Å². The highest BCUT2D eigenvalue weighted by Gasteiger charge is 2.14. The molecule has 0 aliphatic carbocycles. The van der Waals surface area contributed by atoms with Gasteiger partial charge in [-0.1, -0.05) is 48.5 Å². The number of amides is 1. The van der Waals surface area contributed by atoms with Crippen LogP contribution in [0.5, 0.6) is 0 Å². The number of nitrogens with one attached hydrogen (secondary N) is 2. The lowest BCUT2D eigenvalue weighted by atomic mass is 10.1. The maximum absolute atomic E-state index is 12.6. The van der Waals surface area contributed by atoms with Gasteiger partial charge in [-0.05, 0) is 17.7 Å². The summed E-state index contributed by atoms with van der Waals surface area (Å²) in [6.07, 6.45) is 3.05. The largest absolute Gasteiger partial charge is 0.396 e. The number of carbonyl (C=O) groups excluding carboxylic acids is 1. The number of nitrogen functional groups attached to an aromatic ring is 1. The molecule has 0 unspecified atom stereocenters. The zero-order valence-corrected chi connectivity index (χ0v) is 13.1. The minimum atomic E-state index is -0.253. The Morgan fingerprint density at radius 1 is 0.958 bits per heavy atom. The molecule has 0 aliphatic heterocycles. The summed E-state index contributed by atoms with van der Waals surface area (Å²) in [5.41, 5.74) is 9.27. The van der Waals surface area contributed by atoms with E-state index in [4.69, 9.17) is 5.73 Å². The normalized spacial score (nSPS) is 10.2. The summed E-state index contributed by atoms with van der Waals surface area (Å²) >= 11 is 0. The monoisotopic (exact) mass is 318 g/mol. The lowest BCUT2D eigenvalue weighted by molar-refractivity contribution is 0.102. The van der Waals surface area contributed by atoms with E-state index in [0.717, 1.165) is 11.3 Å². The number of aromatic nitrogens is 1. The third kappa shape index (κ3) is 3.70. The molecule has 0 radical (unpaired) electrons. The molecule has 120 valence electrons. The number of benzene rings is 2. The van der Waals surface area contributed by atoms with Crippen molar-refractivity contribution in [2.75, 3.05) is 16.4 Å². The van der Waals surface area contributed by atoms with Crippen LogP contribution in [0.25, 0.3) is 0 Å². The van der Waals surface area contributed by atoms with Crippen molar-refractivity contribution in [1.29, 1.82) is 0 Å². The van der Waals surface area contributed by atoms with E-state index in [2.05, 4.69) is 15.6 Å². The molecular formula is C19H18N4O. The van der Waals surface area contributed by atoms with Crippen LogP contribution < -0.4 is 16.4 Å². The second-order valence-corrected chi connectivity index (χ2v) is 5.31. The fraction of sp³-hybridized carbons (Fsp3) is 0.0526. The van der Waals surface area contributed by atoms with E-state index < -0.39 is 0 Å². The Bertz CT molecular complexity index is 819. The van der Waals surface area contributed by atoms with Crippen molar-refractivity contribution in [2.24, 2.45) is 0 Å². The molecule has 3 aromatic rings. The number of carbonyl (C=O) groups is 1. The summed E-state index contributed by atoms with van der Waals surface area (Å²) in [5.74, 6) is -0.253. The van der Waals surface area contributed by atoms with E-state index in [-0.39, 0.29) is 5.91 Å². The van der Waals surface area contributed by atoms with E-state index >= 15 is 0 Å². The molecule has 0 bridgehead atoms. The predicted molar refractivity (Wildman–Crippen MR) is 96.8 cm³/mol. The third-order valence-corrected chi connectivity index (χ3v) is 3.56. The van der Waals surface area contributed by atoms with Gasteiger partial charge in [-0.25, -0.2) is 0 Å². The van der Waals surface area contributed by atoms with Gasteiger partial charge in [-0.15, -0.1) is 0 Å². The van der Waals surface area contributed by atoms with Crippen molar-refractivity contribution in [2.45, 2.75) is 6.54 Å². The van der Waals surface area contributed by atoms with E-state index in [1.165, 1.54) is 12.4 Å². The first-order valence-corrected chi connectivity index (χ1v) is 7.62. The first-order chi connectivity index (χ1) is 11.7. The Morgan fingerprint density at radius 2 is 1.62 bits per heavy atom. The number of hydrogen-bond acceptors (Lipinski definition) is 4. The fourth-order valence-corrected chi connectivity index (χ4v) is 2.35. The Morgan fingerprint density at radius 3 is 2.33 bits per heavy atom. The van der Waals surface area contributed by atoms with Crippen LogP contribution in [0.3, 0.4) is 0 Å². The van der Waals surface area contributed by atoms with Crippen molar-refractivity contribution in [1.82, 2.24) is 4.98 Å². The van der Waals surface area contributed by atoms with E-state index in [9.17, 15) is 4.79 Å². The summed E-state index contributed by atoms with van der Waals surface area (Å²) in [6.45, 7) is 0.570. The van der Waals surface area contributed by atoms with Crippen LogP contribution in [-0.4, -0.2) is 10.9 Å². The molecule has 24 heavy (non-hydrogen) atoms. The molecule has 2 aromatic carbocycles. The Balaban J connectivity index is 1.80. The molecule has 0 fully saturated rings. The summed E-state index contributed by atoms with van der Waals surface area (Å²) in [5, 5.41) is 6.09. The van der Waals surface area contributed by atoms with E-state index in [0.29, 0.717) is 23.5 Å². The maximum Gasteiger partial charge on any atom is 0.259 e. The molecular weight excluding hydrogens is 300 g/mol. The summed E-state index contributed by atoms with van der Waals surface area (Å²) in [6, 6.07) is 19.2. The van der Waals surface area contributed by atoms with Crippen LogP contribution >= 0.6 is 0 Å². The number of rotatable bonds is 5. The highest BCUT2D eigenvalue weighted by Crippen LogP contribution is 2.24. The molecule has 0 spiro atoms. The van der Waals surface area contributed by atoms with Gasteiger partial charge in [0.05, 0.1) is 23.1 Å². The maximum atomic E-state index is 12.6. The molecule has 0 aliphatic rings. The highest BCUT2D eigenvalue weighted by molar-refractivity contribution is 6.09. The van der Waals surface area contributed by atoms with Gasteiger partial charge in [0.15, 0.2) is 0 Å². The Kier molecular flexibility index (Phi) is 4.72. The molecule has 1 amide bonds. The SMILES string of the molecule is Nc1cncc(C(=O)Nc2ccccc2)c1NCc1ccccc1. The molecule has 1 heterocycles. The lowest BCUT2D eigenvalue weighted by Gasteiger charge is -2.14. The molecule has 0 saturated heterocycles. The summed E-state index contributed by atoms with van der Waals surface area (Å²) in [7, 11) is 0. The van der Waals surface area contributed by atoms with Crippen LogP contribution in [0.4, 0.5) is 17.1 Å². The van der Waals surface area contributed by atoms with E-state index in [1.54, 1.807) is 0 Å². The van der Waals surface area contributed by atoms with Gasteiger partial charge >= 0.3 is 0 Å². The Hall–Kier alpha value is -3.34. The number of para-hydroxylation sites is 1. The van der Waals surface area contributed by atoms with Crippen molar-refractivity contribution in [3.63, 3.8) is 0 Å². The average molecular weight is 318 g/mol. The second kappa shape index (κ2) is 7.28. The second-order valence-electron chi connectivity index (χ2n) is 5.31. The fourth-order valence-electron chi connectivity index (χ4n) is 2.35. The predicted octanol–water partition coefficient (Wildman–Crippen LogP) is 3.53. The zero-order valence-electron chi connectivity index (χ0n) is 13.1. The molecule has 1 aromatic heterocycles. The van der Waals surface area contributed by atoms with Crippen molar-refractivity contribution < 1.29 is 4.79 Å². The van der Waals surface area contributed by atoms with Crippen LogP contribution in [0.1, 0.15) is 15.9 Å². The van der Waals surface area contributed by atoms with Crippen LogP contribution in [0.15, 0.2) is 73.1 Å². The van der Waals surface area contributed by atoms with Crippen LogP contribution in [-0.2, 0) is 6.54 Å². The minimum Gasteiger partial charge on any atom is -0.396 e. The molecule has 4 N–H and O–H groups in total. The number of nitrogens with zero attached hydrogens (tertiary/aromatic N) is 1. The van der Waals surface area contributed by atoms with E-state index in [1.807, 2.05) is 60.7 Å². The smallest absolute Gasteiger partial charge is 0.259 e. The first-order valence-electron chi connectivity index (χ1n) is 7.62. The third-order valence-electron chi connectivity index (χ3n) is 3.56. The molecule has 5 nitrogen and oxygen atoms in total. The van der Waals surface area contributed by atoms with Gasteiger partial charge in [0.2, 0.25) is 0 Å². The quantitative estimate of drug-likeness (QED) is 0.672. The van der Waals surface area contributed by atoms with Crippen LogP contribution in [0.2, 0.25) is 0 Å². The van der Waals surface area contributed by atoms with Crippen molar-refractivity contribution in [3.05, 3.63) is 84.2 Å². The van der Waals surface area contributed by atoms with Gasteiger partial charge in [-0.2, -0.15) is 0 Å². The minimum absolute atomic E-state index is 0.253. The molecule has 0 atom stereocenters. The average Bonchev–Trinajstić information content (AvgIpc) is 2.62. The summed E-state index contributed by atoms with van der Waals surface area (Å²) < 4.78 is 0. The Labute approximate surface area is 140 Å². The first kappa shape index (κ1) is 15.6. The molecule has 5 heteroatoms. The van der Waals surface area contributed by atoms with Crippen molar-refractivity contribution in [3.8, 4) is 0 Å². The van der Waals surface area contributed by atoms with Gasteiger partial charge < -0.3 is 16.4 Å². The molecule has 0 saturated carbocycles. The number of hydrogen-bond donors (Lipinski definition) is 3. The summed E-state index contributed by atoms with van der Waals surface area (Å²) in [4.78, 5) is 16.6.